The third kappa shape index (κ3) is 2.87. The molecule has 0 saturated heterocycles. The van der Waals surface area contributed by atoms with E-state index in [0.717, 1.165) is 11.3 Å². The van der Waals surface area contributed by atoms with E-state index in [1.54, 1.807) is 6.07 Å². The van der Waals surface area contributed by atoms with Crippen LogP contribution in [0.4, 0.5) is 5.69 Å². The van der Waals surface area contributed by atoms with Crippen molar-refractivity contribution >= 4 is 17.3 Å². The average Bonchev–Trinajstić information content (AvgIpc) is 2.19. The average molecular weight is 216 g/mol. The van der Waals surface area contributed by atoms with Gasteiger partial charge in [-0.15, -0.1) is 0 Å². The first kappa shape index (κ1) is 11.3. The van der Waals surface area contributed by atoms with E-state index >= 15 is 0 Å². The number of rotatable bonds is 5. The highest BCUT2D eigenvalue weighted by Gasteiger charge is 2.05. The molecule has 1 aromatic rings. The van der Waals surface area contributed by atoms with Crippen LogP contribution in [0.15, 0.2) is 18.2 Å². The molecule has 14 heavy (non-hydrogen) atoms. The van der Waals surface area contributed by atoms with E-state index in [2.05, 4.69) is 5.32 Å². The second-order valence-electron chi connectivity index (χ2n) is 2.89. The van der Waals surface area contributed by atoms with Crippen LogP contribution in [0.25, 0.3) is 0 Å². The van der Waals surface area contributed by atoms with Crippen LogP contribution >= 0.6 is 11.6 Å². The second kappa shape index (κ2) is 5.86. The van der Waals surface area contributed by atoms with Crippen LogP contribution in [0.3, 0.4) is 0 Å². The summed E-state index contributed by atoms with van der Waals surface area (Å²) < 4.78 is 0. The lowest BCUT2D eigenvalue weighted by atomic mass is 10.1. The van der Waals surface area contributed by atoms with E-state index in [0.29, 0.717) is 18.0 Å². The molecule has 1 rings (SSSR count). The molecule has 0 amide bonds. The maximum absolute atomic E-state index is 8.86. The van der Waals surface area contributed by atoms with E-state index in [9.17, 15) is 0 Å². The van der Waals surface area contributed by atoms with Crippen molar-refractivity contribution in [3.05, 3.63) is 28.8 Å². The summed E-state index contributed by atoms with van der Waals surface area (Å²) in [6.45, 7) is 0.626. The largest absolute Gasteiger partial charge is 0.396 e. The van der Waals surface area contributed by atoms with Gasteiger partial charge in [0, 0.05) is 23.9 Å². The second-order valence-corrected chi connectivity index (χ2v) is 3.30. The van der Waals surface area contributed by atoms with E-state index in [4.69, 9.17) is 21.8 Å². The van der Waals surface area contributed by atoms with Crippen molar-refractivity contribution < 1.29 is 10.2 Å². The summed E-state index contributed by atoms with van der Waals surface area (Å²) in [6, 6.07) is 5.51. The smallest absolute Gasteiger partial charge is 0.0604 e. The fourth-order valence-corrected chi connectivity index (χ4v) is 1.55. The molecule has 0 aliphatic heterocycles. The predicted octanol–water partition coefficient (Wildman–Crippen LogP) is 1.28. The van der Waals surface area contributed by atoms with Gasteiger partial charge in [-0.3, -0.25) is 0 Å². The normalized spacial score (nSPS) is 10.2. The monoisotopic (exact) mass is 215 g/mol. The molecular formula is C10H14ClNO2. The summed E-state index contributed by atoms with van der Waals surface area (Å²) in [5.74, 6) is 0. The highest BCUT2D eigenvalue weighted by Crippen LogP contribution is 2.24. The van der Waals surface area contributed by atoms with Crippen molar-refractivity contribution in [1.29, 1.82) is 0 Å². The van der Waals surface area contributed by atoms with Crippen LogP contribution in [0.2, 0.25) is 5.02 Å². The number of aliphatic hydroxyl groups is 2. The molecule has 0 spiro atoms. The van der Waals surface area contributed by atoms with Crippen LogP contribution in [0, 0.1) is 0 Å². The van der Waals surface area contributed by atoms with Crippen LogP contribution in [0.1, 0.15) is 5.56 Å². The fraction of sp³-hybridized carbons (Fsp3) is 0.400. The van der Waals surface area contributed by atoms with Crippen LogP contribution in [0.5, 0.6) is 0 Å². The van der Waals surface area contributed by atoms with Gasteiger partial charge in [0.25, 0.3) is 0 Å². The molecule has 0 fully saturated rings. The number of aliphatic hydroxyl groups excluding tert-OH is 2. The summed E-state index contributed by atoms with van der Waals surface area (Å²) >= 11 is 5.97. The van der Waals surface area contributed by atoms with Gasteiger partial charge >= 0.3 is 0 Å². The van der Waals surface area contributed by atoms with Crippen LogP contribution in [-0.4, -0.2) is 30.0 Å². The first-order valence-electron chi connectivity index (χ1n) is 4.52. The molecule has 0 aliphatic rings. The van der Waals surface area contributed by atoms with E-state index < -0.39 is 0 Å². The topological polar surface area (TPSA) is 52.5 Å². The van der Waals surface area contributed by atoms with Crippen LogP contribution < -0.4 is 5.32 Å². The SMILES string of the molecule is OCCNc1cccc(Cl)c1CCO. The maximum atomic E-state index is 8.86. The Bertz CT molecular complexity index is 291. The lowest BCUT2D eigenvalue weighted by Crippen LogP contribution is -2.08. The van der Waals surface area contributed by atoms with Crippen molar-refractivity contribution in [2.45, 2.75) is 6.42 Å². The molecule has 0 atom stereocenters. The molecule has 4 heteroatoms. The van der Waals surface area contributed by atoms with Crippen molar-refractivity contribution in [2.24, 2.45) is 0 Å². The highest BCUT2D eigenvalue weighted by atomic mass is 35.5. The lowest BCUT2D eigenvalue weighted by Gasteiger charge is -2.11. The maximum Gasteiger partial charge on any atom is 0.0604 e. The minimum atomic E-state index is 0.0670. The van der Waals surface area contributed by atoms with Gasteiger partial charge in [0.05, 0.1) is 6.61 Å². The zero-order chi connectivity index (χ0) is 10.4. The summed E-state index contributed by atoms with van der Waals surface area (Å²) in [7, 11) is 0. The molecule has 0 heterocycles. The Balaban J connectivity index is 2.83. The minimum Gasteiger partial charge on any atom is -0.396 e. The minimum absolute atomic E-state index is 0.0670. The molecule has 0 bridgehead atoms. The van der Waals surface area contributed by atoms with Gasteiger partial charge in [-0.1, -0.05) is 17.7 Å². The van der Waals surface area contributed by atoms with Gasteiger partial charge < -0.3 is 15.5 Å². The Morgan fingerprint density at radius 1 is 1.21 bits per heavy atom. The summed E-state index contributed by atoms with van der Waals surface area (Å²) in [4.78, 5) is 0. The predicted molar refractivity (Wildman–Crippen MR) is 57.8 cm³/mol. The molecule has 78 valence electrons. The zero-order valence-electron chi connectivity index (χ0n) is 7.83. The van der Waals surface area contributed by atoms with E-state index in [-0.39, 0.29) is 13.2 Å². The molecule has 0 unspecified atom stereocenters. The number of anilines is 1. The summed E-state index contributed by atoms with van der Waals surface area (Å²) in [5, 5.41) is 21.2. The molecule has 0 aromatic heterocycles. The van der Waals surface area contributed by atoms with Crippen molar-refractivity contribution in [3.63, 3.8) is 0 Å². The highest BCUT2D eigenvalue weighted by molar-refractivity contribution is 6.31. The lowest BCUT2D eigenvalue weighted by molar-refractivity contribution is 0.299. The first-order chi connectivity index (χ1) is 6.79. The molecule has 3 N–H and O–H groups in total. The zero-order valence-corrected chi connectivity index (χ0v) is 8.59. The Hall–Kier alpha value is -0.770. The van der Waals surface area contributed by atoms with E-state index in [1.165, 1.54) is 0 Å². The molecule has 0 aliphatic carbocycles. The van der Waals surface area contributed by atoms with Crippen molar-refractivity contribution in [2.75, 3.05) is 25.1 Å². The van der Waals surface area contributed by atoms with Gasteiger partial charge in [-0.25, -0.2) is 0 Å². The molecular weight excluding hydrogens is 202 g/mol. The van der Waals surface area contributed by atoms with Gasteiger partial charge in [0.2, 0.25) is 0 Å². The summed E-state index contributed by atoms with van der Waals surface area (Å²) in [6.07, 6.45) is 0.521. The van der Waals surface area contributed by atoms with Crippen LogP contribution in [-0.2, 0) is 6.42 Å². The van der Waals surface area contributed by atoms with Gasteiger partial charge in [0.1, 0.15) is 0 Å². The van der Waals surface area contributed by atoms with Gasteiger partial charge in [-0.05, 0) is 24.1 Å². The quantitative estimate of drug-likeness (QED) is 0.694. The molecule has 3 nitrogen and oxygen atoms in total. The number of halogens is 1. The Morgan fingerprint density at radius 2 is 2.00 bits per heavy atom. The van der Waals surface area contributed by atoms with Crippen molar-refractivity contribution in [3.8, 4) is 0 Å². The third-order valence-corrected chi connectivity index (χ3v) is 2.26. The third-order valence-electron chi connectivity index (χ3n) is 1.91. The Labute approximate surface area is 88.3 Å². The van der Waals surface area contributed by atoms with E-state index in [1.807, 2.05) is 12.1 Å². The Kier molecular flexibility index (Phi) is 4.73. The van der Waals surface area contributed by atoms with Crippen molar-refractivity contribution in [1.82, 2.24) is 0 Å². The van der Waals surface area contributed by atoms with Gasteiger partial charge in [-0.2, -0.15) is 0 Å². The standard InChI is InChI=1S/C10H14ClNO2/c11-9-2-1-3-10(12-5-7-14)8(9)4-6-13/h1-3,12-14H,4-7H2. The first-order valence-corrected chi connectivity index (χ1v) is 4.90. The molecule has 1 aromatic carbocycles. The molecule has 0 radical (unpaired) electrons. The number of nitrogens with one attached hydrogen (secondary N) is 1. The molecule has 0 saturated carbocycles. The Morgan fingerprint density at radius 3 is 2.64 bits per heavy atom. The summed E-state index contributed by atoms with van der Waals surface area (Å²) in [5.41, 5.74) is 1.77. The number of hydrogen-bond donors (Lipinski definition) is 3. The number of benzene rings is 1. The van der Waals surface area contributed by atoms with Gasteiger partial charge in [0.15, 0.2) is 0 Å². The fourth-order valence-electron chi connectivity index (χ4n) is 1.28. The number of hydrogen-bond acceptors (Lipinski definition) is 3.